The van der Waals surface area contributed by atoms with Gasteiger partial charge >= 0.3 is 5.97 Å². The van der Waals surface area contributed by atoms with Crippen LogP contribution in [-0.4, -0.2) is 52.8 Å². The molecule has 4 aromatic rings. The summed E-state index contributed by atoms with van der Waals surface area (Å²) in [5, 5.41) is 14.2. The quantitative estimate of drug-likeness (QED) is 0.218. The third-order valence-corrected chi connectivity index (χ3v) is 6.60. The molecule has 0 bridgehead atoms. The summed E-state index contributed by atoms with van der Waals surface area (Å²) >= 11 is 1.53. The van der Waals surface area contributed by atoms with Crippen molar-refractivity contribution in [3.63, 3.8) is 0 Å². The summed E-state index contributed by atoms with van der Waals surface area (Å²) in [4.78, 5) is 28.5. The highest BCUT2D eigenvalue weighted by Crippen LogP contribution is 2.39. The zero-order valence-corrected chi connectivity index (χ0v) is 21.4. The van der Waals surface area contributed by atoms with Gasteiger partial charge in [0.2, 0.25) is 0 Å². The van der Waals surface area contributed by atoms with Crippen LogP contribution in [0.25, 0.3) is 11.4 Å². The van der Waals surface area contributed by atoms with E-state index in [1.54, 1.807) is 36.2 Å². The van der Waals surface area contributed by atoms with Crippen molar-refractivity contribution < 1.29 is 19.1 Å². The monoisotopic (exact) mass is 517 g/mol. The van der Waals surface area contributed by atoms with Gasteiger partial charge in [0.25, 0.3) is 5.91 Å². The van der Waals surface area contributed by atoms with Crippen LogP contribution in [0.2, 0.25) is 0 Å². The Morgan fingerprint density at radius 1 is 0.973 bits per heavy atom. The lowest BCUT2D eigenvalue weighted by Gasteiger charge is -2.21. The maximum Gasteiger partial charge on any atom is 0.344 e. The molecule has 4 rings (SSSR count). The molecule has 0 fully saturated rings. The number of nitrogens with zero attached hydrogens (tertiary/aromatic N) is 4. The first-order chi connectivity index (χ1) is 18.1. The predicted molar refractivity (Wildman–Crippen MR) is 141 cm³/mol. The molecule has 0 radical (unpaired) electrons. The molecule has 0 aliphatic heterocycles. The van der Waals surface area contributed by atoms with Crippen LogP contribution in [0.3, 0.4) is 0 Å². The average molecular weight is 518 g/mol. The SMILES string of the molecule is CCCCOC(=O)COc1ccc(C(=O)N(C)c2ccccc2Sc2ccccc2-c2nnn[nH]2)cc1. The van der Waals surface area contributed by atoms with E-state index in [0.29, 0.717) is 23.7 Å². The molecular weight excluding hydrogens is 490 g/mol. The van der Waals surface area contributed by atoms with Gasteiger partial charge in [-0.05, 0) is 65.4 Å². The lowest BCUT2D eigenvalue weighted by Crippen LogP contribution is -2.26. The minimum absolute atomic E-state index is 0.173. The van der Waals surface area contributed by atoms with E-state index in [-0.39, 0.29) is 12.5 Å². The fraction of sp³-hybridized carbons (Fsp3) is 0.222. The number of hydrogen-bond donors (Lipinski definition) is 1. The number of benzene rings is 3. The van der Waals surface area contributed by atoms with E-state index in [4.69, 9.17) is 9.47 Å². The Morgan fingerprint density at radius 2 is 1.70 bits per heavy atom. The maximum absolute atomic E-state index is 13.3. The Balaban J connectivity index is 1.45. The molecule has 190 valence electrons. The van der Waals surface area contributed by atoms with Gasteiger partial charge in [-0.15, -0.1) is 5.10 Å². The van der Waals surface area contributed by atoms with Gasteiger partial charge in [0.05, 0.1) is 12.3 Å². The van der Waals surface area contributed by atoms with Gasteiger partial charge in [-0.2, -0.15) is 0 Å². The normalized spacial score (nSPS) is 10.6. The van der Waals surface area contributed by atoms with Crippen LogP contribution in [0.4, 0.5) is 5.69 Å². The van der Waals surface area contributed by atoms with Crippen molar-refractivity contribution in [3.8, 4) is 17.1 Å². The summed E-state index contributed by atoms with van der Waals surface area (Å²) in [5.74, 6) is 0.470. The van der Waals surface area contributed by atoms with Crippen molar-refractivity contribution in [3.05, 3.63) is 78.4 Å². The van der Waals surface area contributed by atoms with E-state index in [9.17, 15) is 9.59 Å². The highest BCUT2D eigenvalue weighted by molar-refractivity contribution is 7.99. The van der Waals surface area contributed by atoms with Crippen LogP contribution >= 0.6 is 11.8 Å². The van der Waals surface area contributed by atoms with Crippen LogP contribution in [0.15, 0.2) is 82.6 Å². The lowest BCUT2D eigenvalue weighted by molar-refractivity contribution is -0.146. The number of rotatable bonds is 11. The molecule has 9 nitrogen and oxygen atoms in total. The van der Waals surface area contributed by atoms with E-state index < -0.39 is 5.97 Å². The van der Waals surface area contributed by atoms with E-state index >= 15 is 0 Å². The van der Waals surface area contributed by atoms with Gasteiger partial charge < -0.3 is 14.4 Å². The van der Waals surface area contributed by atoms with Crippen LogP contribution < -0.4 is 9.64 Å². The lowest BCUT2D eigenvalue weighted by atomic mass is 10.2. The molecule has 0 saturated heterocycles. The Bertz CT molecular complexity index is 1330. The molecule has 0 unspecified atom stereocenters. The van der Waals surface area contributed by atoms with Gasteiger partial charge in [0.1, 0.15) is 5.75 Å². The van der Waals surface area contributed by atoms with E-state index in [0.717, 1.165) is 33.9 Å². The van der Waals surface area contributed by atoms with Crippen molar-refractivity contribution in [2.24, 2.45) is 0 Å². The number of unbranched alkanes of at least 4 members (excludes halogenated alkanes) is 1. The third kappa shape index (κ3) is 6.73. The number of nitrogens with one attached hydrogen (secondary N) is 1. The highest BCUT2D eigenvalue weighted by atomic mass is 32.2. The molecule has 0 saturated carbocycles. The van der Waals surface area contributed by atoms with Crippen molar-refractivity contribution in [1.82, 2.24) is 20.6 Å². The maximum atomic E-state index is 13.3. The number of ether oxygens (including phenoxy) is 2. The second kappa shape index (κ2) is 12.7. The van der Waals surface area contributed by atoms with Gasteiger partial charge in [-0.25, -0.2) is 9.89 Å². The number of carbonyl (C=O) groups is 2. The van der Waals surface area contributed by atoms with Gasteiger partial charge in [0, 0.05) is 28.0 Å². The first kappa shape index (κ1) is 25.9. The number of hydrogen-bond acceptors (Lipinski definition) is 8. The zero-order chi connectivity index (χ0) is 26.0. The van der Waals surface area contributed by atoms with Gasteiger partial charge in [-0.3, -0.25) is 4.79 Å². The number of para-hydroxylation sites is 1. The highest BCUT2D eigenvalue weighted by Gasteiger charge is 2.18. The first-order valence-corrected chi connectivity index (χ1v) is 12.6. The molecule has 10 heteroatoms. The first-order valence-electron chi connectivity index (χ1n) is 11.8. The standard InChI is InChI=1S/C27H27N5O4S/c1-3-4-17-35-25(33)18-36-20-15-13-19(14-16-20)27(34)32(2)22-10-6-8-12-24(22)37-23-11-7-5-9-21(23)26-28-30-31-29-26/h5-16H,3-4,17-18H2,1-2H3,(H,28,29,30,31). The largest absolute Gasteiger partial charge is 0.482 e. The molecule has 1 aromatic heterocycles. The number of anilines is 1. The molecular formula is C27H27N5O4S. The van der Waals surface area contributed by atoms with Crippen LogP contribution in [0.1, 0.15) is 30.1 Å². The summed E-state index contributed by atoms with van der Waals surface area (Å²) in [7, 11) is 1.74. The minimum atomic E-state index is -0.413. The predicted octanol–water partition coefficient (Wildman–Crippen LogP) is 5.02. The Labute approximate surface area is 219 Å². The summed E-state index contributed by atoms with van der Waals surface area (Å²) in [6.07, 6.45) is 1.78. The van der Waals surface area contributed by atoms with Crippen LogP contribution in [-0.2, 0) is 9.53 Å². The fourth-order valence-corrected chi connectivity index (χ4v) is 4.59. The van der Waals surface area contributed by atoms with Crippen molar-refractivity contribution in [2.75, 3.05) is 25.2 Å². The Morgan fingerprint density at radius 3 is 2.43 bits per heavy atom. The number of tetrazole rings is 1. The summed E-state index contributed by atoms with van der Waals surface area (Å²) in [5.41, 5.74) is 2.12. The number of carbonyl (C=O) groups excluding carboxylic acids is 2. The van der Waals surface area contributed by atoms with Crippen LogP contribution in [0, 0.1) is 0 Å². The molecule has 1 N–H and O–H groups in total. The van der Waals surface area contributed by atoms with Crippen molar-refractivity contribution >= 4 is 29.3 Å². The summed E-state index contributed by atoms with van der Waals surface area (Å²) in [6.45, 7) is 2.24. The second-order valence-corrected chi connectivity index (χ2v) is 9.15. The van der Waals surface area contributed by atoms with E-state index in [1.165, 1.54) is 11.8 Å². The van der Waals surface area contributed by atoms with Gasteiger partial charge in [0.15, 0.2) is 12.4 Å². The molecule has 0 atom stereocenters. The van der Waals surface area contributed by atoms with Crippen molar-refractivity contribution in [1.29, 1.82) is 0 Å². The zero-order valence-electron chi connectivity index (χ0n) is 20.6. The summed E-state index contributed by atoms with van der Waals surface area (Å²) in [6, 6.07) is 22.2. The molecule has 37 heavy (non-hydrogen) atoms. The topological polar surface area (TPSA) is 110 Å². The number of aromatic nitrogens is 4. The Hall–Kier alpha value is -4.18. The molecule has 1 heterocycles. The summed E-state index contributed by atoms with van der Waals surface area (Å²) < 4.78 is 10.6. The molecule has 0 aliphatic carbocycles. The number of esters is 1. The number of aromatic amines is 1. The van der Waals surface area contributed by atoms with Crippen LogP contribution in [0.5, 0.6) is 5.75 Å². The third-order valence-electron chi connectivity index (χ3n) is 5.46. The minimum Gasteiger partial charge on any atom is -0.482 e. The molecule has 0 spiro atoms. The molecule has 0 aliphatic rings. The Kier molecular flexibility index (Phi) is 8.88. The van der Waals surface area contributed by atoms with E-state index in [1.807, 2.05) is 55.5 Å². The fourth-order valence-electron chi connectivity index (χ4n) is 3.47. The number of H-pyrrole nitrogens is 1. The average Bonchev–Trinajstić information content (AvgIpc) is 3.47. The smallest absolute Gasteiger partial charge is 0.344 e. The van der Waals surface area contributed by atoms with E-state index in [2.05, 4.69) is 20.6 Å². The van der Waals surface area contributed by atoms with Crippen molar-refractivity contribution in [2.45, 2.75) is 29.6 Å². The van der Waals surface area contributed by atoms with Gasteiger partial charge in [-0.1, -0.05) is 49.4 Å². The molecule has 1 amide bonds. The molecule has 3 aromatic carbocycles. The number of amides is 1. The second-order valence-electron chi connectivity index (χ2n) is 8.07.